The smallest absolute Gasteiger partial charge is 0.408 e. The van der Waals surface area contributed by atoms with Crippen molar-refractivity contribution in [1.29, 1.82) is 0 Å². The van der Waals surface area contributed by atoms with Gasteiger partial charge in [-0.15, -0.1) is 10.2 Å². The third-order valence-electron chi connectivity index (χ3n) is 7.95. The van der Waals surface area contributed by atoms with Crippen molar-refractivity contribution in [3.8, 4) is 0 Å². The van der Waals surface area contributed by atoms with Crippen LogP contribution < -0.4 is 5.32 Å². The minimum Gasteiger partial charge on any atom is -0.444 e. The topological polar surface area (TPSA) is 101 Å². The van der Waals surface area contributed by atoms with Crippen LogP contribution in [0.4, 0.5) is 4.79 Å². The second-order valence-electron chi connectivity index (χ2n) is 12.3. The summed E-state index contributed by atoms with van der Waals surface area (Å²) in [5, 5.41) is 15.0. The van der Waals surface area contributed by atoms with Crippen molar-refractivity contribution in [2.45, 2.75) is 71.1 Å². The summed E-state index contributed by atoms with van der Waals surface area (Å²) in [6, 6.07) is 26.6. The number of nitrogens with one attached hydrogen (secondary N) is 3. The van der Waals surface area contributed by atoms with Gasteiger partial charge in [-0.05, 0) is 68.9 Å². The first-order valence-corrected chi connectivity index (χ1v) is 15.4. The van der Waals surface area contributed by atoms with Crippen LogP contribution in [0.2, 0.25) is 0 Å². The zero-order chi connectivity index (χ0) is 30.5. The van der Waals surface area contributed by atoms with Crippen molar-refractivity contribution in [3.63, 3.8) is 0 Å². The van der Waals surface area contributed by atoms with Crippen LogP contribution in [0.1, 0.15) is 61.6 Å². The summed E-state index contributed by atoms with van der Waals surface area (Å²) in [6.07, 6.45) is 7.65. The largest absolute Gasteiger partial charge is 0.444 e. The van der Waals surface area contributed by atoms with Crippen LogP contribution in [0.15, 0.2) is 91.3 Å². The number of ether oxygens (including phenoxy) is 1. The molecule has 0 saturated heterocycles. The van der Waals surface area contributed by atoms with E-state index in [4.69, 9.17) is 14.9 Å². The summed E-state index contributed by atoms with van der Waals surface area (Å²) in [7, 11) is 0. The van der Waals surface area contributed by atoms with Crippen molar-refractivity contribution in [2.75, 3.05) is 0 Å². The number of amides is 1. The normalized spacial score (nSPS) is 12.5. The lowest BCUT2D eigenvalue weighted by atomic mass is 10.0. The number of H-pyrrole nitrogens is 2. The molecule has 0 aliphatic carbocycles. The third kappa shape index (κ3) is 6.86. The van der Waals surface area contributed by atoms with Gasteiger partial charge in [0.05, 0.1) is 6.04 Å². The van der Waals surface area contributed by atoms with Gasteiger partial charge < -0.3 is 24.6 Å². The van der Waals surface area contributed by atoms with Crippen LogP contribution >= 0.6 is 0 Å². The van der Waals surface area contributed by atoms with E-state index in [0.717, 1.165) is 59.3 Å². The molecule has 0 radical (unpaired) electrons. The molecule has 6 rings (SSSR count). The third-order valence-corrected chi connectivity index (χ3v) is 7.95. The maximum atomic E-state index is 13.1. The van der Waals surface area contributed by atoms with E-state index in [-0.39, 0.29) is 0 Å². The second-order valence-corrected chi connectivity index (χ2v) is 12.3. The van der Waals surface area contributed by atoms with E-state index in [0.29, 0.717) is 13.0 Å². The van der Waals surface area contributed by atoms with E-state index in [1.807, 2.05) is 45.2 Å². The Morgan fingerprint density at radius 2 is 1.45 bits per heavy atom. The molecule has 0 bridgehead atoms. The summed E-state index contributed by atoms with van der Waals surface area (Å²) >= 11 is 0. The highest BCUT2D eigenvalue weighted by atomic mass is 16.6. The number of rotatable bonds is 11. The molecule has 3 heterocycles. The highest BCUT2D eigenvalue weighted by Crippen LogP contribution is 2.26. The highest BCUT2D eigenvalue weighted by Gasteiger charge is 2.27. The number of aromatic nitrogens is 5. The number of hydrogen-bond donors (Lipinski definition) is 3. The van der Waals surface area contributed by atoms with Crippen molar-refractivity contribution in [1.82, 2.24) is 30.0 Å². The molecule has 0 saturated carbocycles. The molecule has 226 valence electrons. The van der Waals surface area contributed by atoms with Crippen molar-refractivity contribution < 1.29 is 9.53 Å². The number of aryl methyl sites for hydroxylation is 3. The molecule has 0 aliphatic rings. The number of hydrogen-bond acceptors (Lipinski definition) is 4. The van der Waals surface area contributed by atoms with Gasteiger partial charge in [-0.25, -0.2) is 4.79 Å². The van der Waals surface area contributed by atoms with E-state index in [1.54, 1.807) is 0 Å². The van der Waals surface area contributed by atoms with Gasteiger partial charge in [0.15, 0.2) is 5.82 Å². The molecule has 3 aromatic carbocycles. The predicted molar refractivity (Wildman–Crippen MR) is 175 cm³/mol. The van der Waals surface area contributed by atoms with Gasteiger partial charge in [-0.2, -0.15) is 0 Å². The van der Waals surface area contributed by atoms with Gasteiger partial charge in [-0.3, -0.25) is 0 Å². The van der Waals surface area contributed by atoms with Gasteiger partial charge in [0.1, 0.15) is 11.4 Å². The number of carbonyl (C=O) groups is 1. The average Bonchev–Trinajstić information content (AvgIpc) is 3.73. The molecular weight excluding hydrogens is 548 g/mol. The van der Waals surface area contributed by atoms with Crippen LogP contribution in [0.3, 0.4) is 0 Å². The Morgan fingerprint density at radius 1 is 0.818 bits per heavy atom. The maximum Gasteiger partial charge on any atom is 0.408 e. The number of alkyl carbamates (subject to hydrolysis) is 1. The highest BCUT2D eigenvalue weighted by molar-refractivity contribution is 5.83. The molecular formula is C36H40N6O2. The Kier molecular flexibility index (Phi) is 8.50. The quantitative estimate of drug-likeness (QED) is 0.146. The Hall–Kier alpha value is -4.85. The minimum atomic E-state index is -0.621. The van der Waals surface area contributed by atoms with E-state index in [2.05, 4.69) is 86.7 Å². The van der Waals surface area contributed by atoms with E-state index >= 15 is 0 Å². The number of benzene rings is 3. The fraction of sp³-hybridized carbons (Fsp3) is 0.306. The fourth-order valence-electron chi connectivity index (χ4n) is 5.87. The number of nitrogens with zero attached hydrogens (tertiary/aromatic N) is 3. The molecule has 0 spiro atoms. The Morgan fingerprint density at radius 3 is 2.16 bits per heavy atom. The molecule has 6 aromatic rings. The van der Waals surface area contributed by atoms with Crippen LogP contribution in [0.25, 0.3) is 21.8 Å². The summed E-state index contributed by atoms with van der Waals surface area (Å²) in [5.41, 5.74) is 5.24. The zero-order valence-electron chi connectivity index (χ0n) is 25.6. The lowest BCUT2D eigenvalue weighted by Crippen LogP contribution is -2.37. The van der Waals surface area contributed by atoms with Gasteiger partial charge >= 0.3 is 6.09 Å². The summed E-state index contributed by atoms with van der Waals surface area (Å²) in [5.74, 6) is 1.66. The van der Waals surface area contributed by atoms with Crippen LogP contribution in [0.5, 0.6) is 0 Å². The Labute approximate surface area is 257 Å². The molecule has 44 heavy (non-hydrogen) atoms. The fourth-order valence-corrected chi connectivity index (χ4v) is 5.87. The Bertz CT molecular complexity index is 1840. The minimum absolute atomic E-state index is 0.435. The second kappa shape index (κ2) is 12.8. The van der Waals surface area contributed by atoms with E-state index in [9.17, 15) is 4.79 Å². The number of aromatic amines is 2. The lowest BCUT2D eigenvalue weighted by molar-refractivity contribution is 0.0500. The molecule has 1 atom stereocenters. The average molecular weight is 589 g/mol. The van der Waals surface area contributed by atoms with Crippen LogP contribution in [-0.4, -0.2) is 36.4 Å². The molecule has 3 N–H and O–H groups in total. The zero-order valence-corrected chi connectivity index (χ0v) is 25.6. The monoisotopic (exact) mass is 588 g/mol. The first-order chi connectivity index (χ1) is 21.3. The number of carbonyl (C=O) groups excluding carboxylic acids is 1. The SMILES string of the molecule is CC(C)(C)OC(=O)N[C@H](Cc1c[nH]c2ccccc12)c1nnc(CCCc2c[nH]c3ccccc23)n1CCc1ccccc1. The summed E-state index contributed by atoms with van der Waals surface area (Å²) in [4.78, 5) is 19.9. The first-order valence-electron chi connectivity index (χ1n) is 15.4. The van der Waals surface area contributed by atoms with Gasteiger partial charge in [0, 0.05) is 53.6 Å². The lowest BCUT2D eigenvalue weighted by Gasteiger charge is -2.24. The van der Waals surface area contributed by atoms with Crippen LogP contribution in [0, 0.1) is 0 Å². The molecule has 0 fully saturated rings. The summed E-state index contributed by atoms with van der Waals surface area (Å²) in [6.45, 7) is 6.31. The van der Waals surface area contributed by atoms with Crippen molar-refractivity contribution >= 4 is 27.9 Å². The van der Waals surface area contributed by atoms with E-state index in [1.165, 1.54) is 16.5 Å². The molecule has 3 aromatic heterocycles. The summed E-state index contributed by atoms with van der Waals surface area (Å²) < 4.78 is 7.90. The van der Waals surface area contributed by atoms with E-state index < -0.39 is 17.7 Å². The first kappa shape index (κ1) is 29.2. The van der Waals surface area contributed by atoms with Crippen molar-refractivity contribution in [2.24, 2.45) is 0 Å². The van der Waals surface area contributed by atoms with Gasteiger partial charge in [0.2, 0.25) is 0 Å². The molecule has 8 nitrogen and oxygen atoms in total. The van der Waals surface area contributed by atoms with Crippen LogP contribution in [-0.2, 0) is 37.0 Å². The molecule has 1 amide bonds. The number of fused-ring (bicyclic) bond motifs is 2. The van der Waals surface area contributed by atoms with Gasteiger partial charge in [0.25, 0.3) is 0 Å². The molecule has 0 unspecified atom stereocenters. The Balaban J connectivity index is 1.30. The predicted octanol–water partition coefficient (Wildman–Crippen LogP) is 7.47. The number of para-hydroxylation sites is 2. The molecule has 8 heteroatoms. The molecule has 0 aliphatic heterocycles. The standard InChI is InChI=1S/C36H40N6O2/c1-36(2,3)44-35(43)39-32(22-27-24-38-31-18-10-8-16-29(27)31)34-41-40-33(42(34)21-20-25-12-5-4-6-13-25)19-11-14-26-23-37-30-17-9-7-15-28(26)30/h4-10,12-13,15-18,23-24,32,37-38H,11,14,19-22H2,1-3H3,(H,39,43)/t32-/m1/s1. The maximum absolute atomic E-state index is 13.1. The van der Waals surface area contributed by atoms with Gasteiger partial charge in [-0.1, -0.05) is 66.7 Å². The van der Waals surface area contributed by atoms with Crippen molar-refractivity contribution in [3.05, 3.63) is 120 Å².